The second kappa shape index (κ2) is 6.02. The van der Waals surface area contributed by atoms with Crippen LogP contribution in [0.2, 0.25) is 0 Å². The third kappa shape index (κ3) is 2.58. The van der Waals surface area contributed by atoms with Gasteiger partial charge in [-0.3, -0.25) is 0 Å². The van der Waals surface area contributed by atoms with Crippen molar-refractivity contribution >= 4 is 43.9 Å². The number of hydrogen-bond donors (Lipinski definition) is 1. The Morgan fingerprint density at radius 1 is 1.26 bits per heavy atom. The van der Waals surface area contributed by atoms with Gasteiger partial charge in [0.1, 0.15) is 12.4 Å². The molecule has 0 spiro atoms. The van der Waals surface area contributed by atoms with Gasteiger partial charge in [-0.05, 0) is 22.7 Å². The van der Waals surface area contributed by atoms with E-state index in [4.69, 9.17) is 9.72 Å². The first-order valence-electron chi connectivity index (χ1n) is 7.34. The molecule has 1 aliphatic heterocycles. The molecule has 0 saturated heterocycles. The van der Waals surface area contributed by atoms with Crippen LogP contribution in [0, 0.1) is 0 Å². The molecule has 1 N–H and O–H groups in total. The van der Waals surface area contributed by atoms with Crippen molar-refractivity contribution in [2.75, 3.05) is 32.1 Å². The first kappa shape index (κ1) is 14.2. The number of benzene rings is 1. The normalized spacial score (nSPS) is 13.9. The van der Waals surface area contributed by atoms with Gasteiger partial charge >= 0.3 is 0 Å². The highest BCUT2D eigenvalue weighted by Crippen LogP contribution is 2.33. The van der Waals surface area contributed by atoms with Crippen molar-refractivity contribution in [1.82, 2.24) is 4.98 Å². The number of thiophene rings is 1. The minimum absolute atomic E-state index is 0.533. The maximum atomic E-state index is 5.11. The molecule has 1 aliphatic rings. The smallest absolute Gasteiger partial charge is 0.135 e. The highest BCUT2D eigenvalue weighted by molar-refractivity contribution is 7.18. The van der Waals surface area contributed by atoms with Gasteiger partial charge in [0.25, 0.3) is 0 Å². The SMILES string of the molecule is COCCNc1nc2cc(C3=NN=NC3)ccc2c2sccc12. The summed E-state index contributed by atoms with van der Waals surface area (Å²) in [6.45, 7) is 1.90. The van der Waals surface area contributed by atoms with Crippen LogP contribution in [0.3, 0.4) is 0 Å². The molecule has 6 nitrogen and oxygen atoms in total. The lowest BCUT2D eigenvalue weighted by Crippen LogP contribution is -2.09. The summed E-state index contributed by atoms with van der Waals surface area (Å²) in [5.74, 6) is 0.894. The molecule has 0 unspecified atom stereocenters. The maximum absolute atomic E-state index is 5.11. The van der Waals surface area contributed by atoms with E-state index in [-0.39, 0.29) is 0 Å². The minimum Gasteiger partial charge on any atom is -0.383 e. The lowest BCUT2D eigenvalue weighted by atomic mass is 10.1. The van der Waals surface area contributed by atoms with Crippen LogP contribution in [0.1, 0.15) is 5.56 Å². The average molecular weight is 325 g/mol. The number of ether oxygens (including phenoxy) is 1. The Morgan fingerprint density at radius 3 is 3.04 bits per heavy atom. The van der Waals surface area contributed by atoms with Gasteiger partial charge in [0.2, 0.25) is 0 Å². The number of nitrogens with one attached hydrogen (secondary N) is 1. The van der Waals surface area contributed by atoms with Crippen LogP contribution in [-0.2, 0) is 4.74 Å². The highest BCUT2D eigenvalue weighted by atomic mass is 32.1. The first-order valence-corrected chi connectivity index (χ1v) is 8.22. The predicted molar refractivity (Wildman–Crippen MR) is 93.8 cm³/mol. The topological polar surface area (TPSA) is 71.2 Å². The largest absolute Gasteiger partial charge is 0.383 e. The number of pyridine rings is 1. The third-order valence-electron chi connectivity index (χ3n) is 3.78. The zero-order valence-electron chi connectivity index (χ0n) is 12.6. The van der Waals surface area contributed by atoms with Gasteiger partial charge in [-0.15, -0.1) is 16.4 Å². The van der Waals surface area contributed by atoms with Crippen molar-refractivity contribution < 1.29 is 4.74 Å². The summed E-state index contributed by atoms with van der Waals surface area (Å²) in [5.41, 5.74) is 2.86. The number of fused-ring (bicyclic) bond motifs is 3. The number of methoxy groups -OCH3 is 1. The van der Waals surface area contributed by atoms with E-state index in [0.717, 1.165) is 39.9 Å². The summed E-state index contributed by atoms with van der Waals surface area (Å²) >= 11 is 1.73. The molecule has 23 heavy (non-hydrogen) atoms. The van der Waals surface area contributed by atoms with Crippen molar-refractivity contribution in [1.29, 1.82) is 0 Å². The molecular weight excluding hydrogens is 310 g/mol. The molecule has 116 valence electrons. The quantitative estimate of drug-likeness (QED) is 0.727. The molecular formula is C16H15N5OS. The van der Waals surface area contributed by atoms with E-state index >= 15 is 0 Å². The third-order valence-corrected chi connectivity index (χ3v) is 4.72. The van der Waals surface area contributed by atoms with Crippen LogP contribution in [0.4, 0.5) is 5.82 Å². The molecule has 2 aromatic heterocycles. The Labute approximate surface area is 136 Å². The predicted octanol–water partition coefficient (Wildman–Crippen LogP) is 3.68. The molecule has 0 radical (unpaired) electrons. The summed E-state index contributed by atoms with van der Waals surface area (Å²) in [7, 11) is 1.69. The zero-order valence-corrected chi connectivity index (χ0v) is 13.4. The second-order valence-electron chi connectivity index (χ2n) is 5.21. The van der Waals surface area contributed by atoms with Crippen LogP contribution in [0.5, 0.6) is 0 Å². The summed E-state index contributed by atoms with van der Waals surface area (Å²) in [6, 6.07) is 8.34. The molecule has 0 saturated carbocycles. The van der Waals surface area contributed by atoms with Gasteiger partial charge in [-0.25, -0.2) is 4.98 Å². The van der Waals surface area contributed by atoms with Crippen molar-refractivity contribution in [3.05, 3.63) is 35.2 Å². The van der Waals surface area contributed by atoms with E-state index in [1.807, 2.05) is 0 Å². The van der Waals surface area contributed by atoms with Crippen LogP contribution >= 0.6 is 11.3 Å². The summed E-state index contributed by atoms with van der Waals surface area (Å²) in [5, 5.41) is 19.4. The second-order valence-corrected chi connectivity index (χ2v) is 6.13. The van der Waals surface area contributed by atoms with E-state index in [9.17, 15) is 0 Å². The molecule has 0 atom stereocenters. The lowest BCUT2D eigenvalue weighted by molar-refractivity contribution is 0.210. The first-order chi connectivity index (χ1) is 11.4. The van der Waals surface area contributed by atoms with Gasteiger partial charge < -0.3 is 10.1 Å². The van der Waals surface area contributed by atoms with Crippen molar-refractivity contribution in [3.63, 3.8) is 0 Å². The van der Waals surface area contributed by atoms with Crippen LogP contribution in [0.25, 0.3) is 21.0 Å². The molecule has 3 aromatic rings. The van der Waals surface area contributed by atoms with Crippen LogP contribution in [-0.4, -0.2) is 37.5 Å². The monoisotopic (exact) mass is 325 g/mol. The van der Waals surface area contributed by atoms with E-state index in [1.54, 1.807) is 18.4 Å². The Balaban J connectivity index is 1.82. The van der Waals surface area contributed by atoms with Crippen molar-refractivity contribution in [3.8, 4) is 0 Å². The molecule has 0 fully saturated rings. The number of aromatic nitrogens is 1. The van der Waals surface area contributed by atoms with Gasteiger partial charge in [-0.1, -0.05) is 12.1 Å². The molecule has 4 rings (SSSR count). The number of nitrogens with zero attached hydrogens (tertiary/aromatic N) is 4. The summed E-state index contributed by atoms with van der Waals surface area (Å²) in [4.78, 5) is 4.80. The molecule has 0 aliphatic carbocycles. The van der Waals surface area contributed by atoms with Gasteiger partial charge in [0.05, 0.1) is 17.8 Å². The average Bonchev–Trinajstić information content (AvgIpc) is 3.26. The van der Waals surface area contributed by atoms with E-state index in [2.05, 4.69) is 50.4 Å². The Bertz CT molecular complexity index is 931. The summed E-state index contributed by atoms with van der Waals surface area (Å²) < 4.78 is 6.35. The Morgan fingerprint density at radius 2 is 2.22 bits per heavy atom. The van der Waals surface area contributed by atoms with E-state index in [1.165, 1.54) is 4.70 Å². The van der Waals surface area contributed by atoms with Gasteiger partial charge in [0, 0.05) is 34.7 Å². The molecule has 3 heterocycles. The number of rotatable bonds is 5. The molecule has 0 amide bonds. The lowest BCUT2D eigenvalue weighted by Gasteiger charge is -2.09. The molecule has 1 aromatic carbocycles. The zero-order chi connectivity index (χ0) is 15.6. The number of anilines is 1. The van der Waals surface area contributed by atoms with Gasteiger partial charge in [-0.2, -0.15) is 5.11 Å². The molecule has 0 bridgehead atoms. The summed E-state index contributed by atoms with van der Waals surface area (Å²) in [6.07, 6.45) is 0. The standard InChI is InChI=1S/C16H15N5OS/c1-22-6-5-17-16-12-4-7-23-15(12)11-3-2-10(8-13(11)19-16)14-9-18-21-20-14/h2-4,7-8H,5-6,9H2,1H3,(H,17,19). The number of hydrogen-bond acceptors (Lipinski definition) is 7. The fourth-order valence-electron chi connectivity index (χ4n) is 2.65. The Kier molecular flexibility index (Phi) is 3.72. The van der Waals surface area contributed by atoms with Crippen molar-refractivity contribution in [2.45, 2.75) is 0 Å². The highest BCUT2D eigenvalue weighted by Gasteiger charge is 2.13. The fourth-order valence-corrected chi connectivity index (χ4v) is 3.58. The minimum atomic E-state index is 0.533. The van der Waals surface area contributed by atoms with E-state index < -0.39 is 0 Å². The van der Waals surface area contributed by atoms with Crippen LogP contribution < -0.4 is 5.32 Å². The van der Waals surface area contributed by atoms with Gasteiger partial charge in [0.15, 0.2) is 0 Å². The Hall–Kier alpha value is -2.38. The fraction of sp³-hybridized carbons (Fsp3) is 0.250. The molecule has 7 heteroatoms. The maximum Gasteiger partial charge on any atom is 0.135 e. The van der Waals surface area contributed by atoms with E-state index in [0.29, 0.717) is 13.2 Å². The van der Waals surface area contributed by atoms with Crippen LogP contribution in [0.15, 0.2) is 45.1 Å². The van der Waals surface area contributed by atoms with Crippen molar-refractivity contribution in [2.24, 2.45) is 15.4 Å².